The molecule has 2 atom stereocenters. The van der Waals surface area contributed by atoms with Crippen LogP contribution in [-0.2, 0) is 0 Å². The van der Waals surface area contributed by atoms with E-state index in [9.17, 15) is 0 Å². The summed E-state index contributed by atoms with van der Waals surface area (Å²) in [6.07, 6.45) is 8.80. The molecule has 2 aliphatic rings. The number of aliphatic imine (C=N–C) groups is 2. The number of rotatable bonds is 1. The molecule has 51 heavy (non-hydrogen) atoms. The summed E-state index contributed by atoms with van der Waals surface area (Å²) in [4.78, 5) is 11.2. The summed E-state index contributed by atoms with van der Waals surface area (Å²) in [5.41, 5.74) is 7.57. The lowest BCUT2D eigenvalue weighted by molar-refractivity contribution is 0.511. The topological polar surface area (TPSA) is 34.1 Å². The average Bonchev–Trinajstić information content (AvgIpc) is 3.83. The fraction of sp³-hybridized carbons (Fsp3) is 0.0638. The van der Waals surface area contributed by atoms with E-state index in [2.05, 4.69) is 174 Å². The van der Waals surface area contributed by atoms with Crippen LogP contribution in [0.5, 0.6) is 0 Å². The Bertz CT molecular complexity index is 3270. The van der Waals surface area contributed by atoms with Crippen molar-refractivity contribution in [1.29, 1.82) is 0 Å². The summed E-state index contributed by atoms with van der Waals surface area (Å²) < 4.78 is 4.89. The van der Waals surface area contributed by atoms with Gasteiger partial charge >= 0.3 is 0 Å². The van der Waals surface area contributed by atoms with Crippen LogP contribution in [0.3, 0.4) is 0 Å². The van der Waals surface area contributed by atoms with Crippen molar-refractivity contribution in [1.82, 2.24) is 8.97 Å². The molecule has 238 valence electrons. The Morgan fingerprint density at radius 1 is 0.549 bits per heavy atom. The lowest BCUT2D eigenvalue weighted by Gasteiger charge is -2.36. The van der Waals surface area contributed by atoms with Crippen molar-refractivity contribution in [2.75, 3.05) is 0 Å². The van der Waals surface area contributed by atoms with Crippen LogP contribution in [0.25, 0.3) is 81.4 Å². The molecule has 3 aromatic heterocycles. The second-order valence-corrected chi connectivity index (χ2v) is 14.3. The predicted molar refractivity (Wildman–Crippen MR) is 215 cm³/mol. The van der Waals surface area contributed by atoms with E-state index in [1.807, 2.05) is 0 Å². The van der Waals surface area contributed by atoms with Crippen LogP contribution >= 0.6 is 0 Å². The summed E-state index contributed by atoms with van der Waals surface area (Å²) in [6, 6.07) is 48.7. The number of hydrogen-bond acceptors (Lipinski definition) is 2. The summed E-state index contributed by atoms with van der Waals surface area (Å²) in [6.45, 7) is 2.25. The van der Waals surface area contributed by atoms with Gasteiger partial charge in [-0.1, -0.05) is 140 Å². The van der Waals surface area contributed by atoms with Gasteiger partial charge in [0.25, 0.3) is 0 Å². The maximum absolute atomic E-state index is 5.62. The fourth-order valence-electron chi connectivity index (χ4n) is 9.36. The number of fused-ring (bicyclic) bond motifs is 15. The first kappa shape index (κ1) is 27.3. The van der Waals surface area contributed by atoms with E-state index in [1.165, 1.54) is 70.4 Å². The number of allylic oxidation sites excluding steroid dienone is 2. The van der Waals surface area contributed by atoms with E-state index in [1.54, 1.807) is 0 Å². The molecule has 0 bridgehead atoms. The van der Waals surface area contributed by atoms with Crippen molar-refractivity contribution in [2.24, 2.45) is 15.9 Å². The van der Waals surface area contributed by atoms with Gasteiger partial charge in [0, 0.05) is 38.2 Å². The normalized spacial score (nSPS) is 19.0. The van der Waals surface area contributed by atoms with E-state index in [-0.39, 0.29) is 5.92 Å². The maximum Gasteiger partial charge on any atom is 0.231 e. The second-order valence-electron chi connectivity index (χ2n) is 14.3. The van der Waals surface area contributed by atoms with Gasteiger partial charge in [-0.3, -0.25) is 4.57 Å². The number of aromatic nitrogens is 2. The highest BCUT2D eigenvalue weighted by molar-refractivity contribution is 6.39. The van der Waals surface area contributed by atoms with Crippen molar-refractivity contribution < 1.29 is 0 Å². The smallest absolute Gasteiger partial charge is 0.231 e. The Labute approximate surface area is 292 Å². The van der Waals surface area contributed by atoms with Gasteiger partial charge in [0.2, 0.25) is 5.96 Å². The molecule has 12 rings (SSSR count). The van der Waals surface area contributed by atoms with Gasteiger partial charge in [0.15, 0.2) is 0 Å². The highest BCUT2D eigenvalue weighted by atomic mass is 15.2. The molecule has 4 heterocycles. The van der Waals surface area contributed by atoms with E-state index in [0.717, 1.165) is 22.3 Å². The van der Waals surface area contributed by atoms with Crippen molar-refractivity contribution >= 4 is 93.1 Å². The van der Waals surface area contributed by atoms with Crippen molar-refractivity contribution in [3.8, 4) is 0 Å². The lowest BCUT2D eigenvalue weighted by Crippen LogP contribution is -2.42. The van der Waals surface area contributed by atoms with Crippen molar-refractivity contribution in [2.45, 2.75) is 12.5 Å². The van der Waals surface area contributed by atoms with Crippen LogP contribution in [0.1, 0.15) is 12.5 Å². The Morgan fingerprint density at radius 2 is 1.22 bits per heavy atom. The molecule has 7 aromatic carbocycles. The molecule has 1 aliphatic carbocycles. The third kappa shape index (κ3) is 3.44. The summed E-state index contributed by atoms with van der Waals surface area (Å²) >= 11 is 0. The SMILES string of the molecule is CC12C=CC=CC1C(c1ccc3ccccc3c1)=NC(n1c3ccccc3c3c4ccccc4c4c5cccc6c7ccccc7n(c65)c4c31)=N2. The van der Waals surface area contributed by atoms with E-state index >= 15 is 0 Å². The minimum Gasteiger partial charge on any atom is -0.306 e. The molecule has 0 amide bonds. The number of nitrogens with zero attached hydrogens (tertiary/aromatic N) is 4. The number of hydrogen-bond donors (Lipinski definition) is 0. The summed E-state index contributed by atoms with van der Waals surface area (Å²) in [7, 11) is 0. The van der Waals surface area contributed by atoms with Gasteiger partial charge in [-0.2, -0.15) is 0 Å². The Hall–Kier alpha value is -6.52. The molecule has 0 saturated heterocycles. The molecule has 0 saturated carbocycles. The van der Waals surface area contributed by atoms with Gasteiger partial charge in [0.05, 0.1) is 38.8 Å². The van der Waals surface area contributed by atoms with Crippen molar-refractivity contribution in [3.05, 3.63) is 163 Å². The molecule has 4 heteroatoms. The average molecular weight is 651 g/mol. The van der Waals surface area contributed by atoms with E-state index in [0.29, 0.717) is 5.96 Å². The van der Waals surface area contributed by atoms with Crippen LogP contribution in [-0.4, -0.2) is 26.2 Å². The summed E-state index contributed by atoms with van der Waals surface area (Å²) in [5, 5.41) is 12.5. The monoisotopic (exact) mass is 650 g/mol. The first-order valence-corrected chi connectivity index (χ1v) is 17.7. The molecule has 0 fully saturated rings. The molecule has 4 nitrogen and oxygen atoms in total. The van der Waals surface area contributed by atoms with Gasteiger partial charge in [-0.15, -0.1) is 0 Å². The van der Waals surface area contributed by atoms with Crippen LogP contribution in [0.15, 0.2) is 168 Å². The zero-order valence-electron chi connectivity index (χ0n) is 27.9. The van der Waals surface area contributed by atoms with E-state index < -0.39 is 5.54 Å². The zero-order valence-corrected chi connectivity index (χ0v) is 27.9. The Morgan fingerprint density at radius 3 is 2.06 bits per heavy atom. The summed E-state index contributed by atoms with van der Waals surface area (Å²) in [5.74, 6) is 0.716. The number of benzene rings is 7. The first-order valence-electron chi connectivity index (χ1n) is 17.7. The lowest BCUT2D eigenvalue weighted by atomic mass is 9.76. The molecule has 0 radical (unpaired) electrons. The fourth-order valence-corrected chi connectivity index (χ4v) is 9.36. The first-order chi connectivity index (χ1) is 25.2. The third-order valence-corrected chi connectivity index (χ3v) is 11.6. The van der Waals surface area contributed by atoms with Gasteiger partial charge in [-0.05, 0) is 52.2 Å². The predicted octanol–water partition coefficient (Wildman–Crippen LogP) is 11.5. The zero-order chi connectivity index (χ0) is 33.4. The van der Waals surface area contributed by atoms with E-state index in [4.69, 9.17) is 9.98 Å². The maximum atomic E-state index is 5.62. The highest BCUT2D eigenvalue weighted by Crippen LogP contribution is 2.48. The molecular formula is C47H30N4. The number of para-hydroxylation sites is 3. The minimum atomic E-state index is -0.513. The van der Waals surface area contributed by atoms with Gasteiger partial charge in [-0.25, -0.2) is 9.98 Å². The largest absolute Gasteiger partial charge is 0.306 e. The highest BCUT2D eigenvalue weighted by Gasteiger charge is 2.40. The minimum absolute atomic E-state index is 0.00400. The molecular weight excluding hydrogens is 621 g/mol. The molecule has 1 aliphatic heterocycles. The molecule has 2 unspecified atom stereocenters. The molecule has 0 N–H and O–H groups in total. The van der Waals surface area contributed by atoms with Crippen LogP contribution in [0, 0.1) is 5.92 Å². The van der Waals surface area contributed by atoms with Crippen LogP contribution < -0.4 is 0 Å². The van der Waals surface area contributed by atoms with Crippen LogP contribution in [0.2, 0.25) is 0 Å². The molecule has 0 spiro atoms. The van der Waals surface area contributed by atoms with Gasteiger partial charge < -0.3 is 4.40 Å². The standard InChI is InChI=1S/C47H30N4/c1-47-26-11-10-21-37(47)42(30-25-24-28-13-2-3-14-29(28)27-30)48-46(49-47)51-39-23-9-7-18-35(39)40-32-16-4-5-17-33(32)41-36-20-12-19-34-31-15-6-8-22-38(31)50(43(34)36)44(41)45(40)51/h2-27,37H,1H3. The van der Waals surface area contributed by atoms with Crippen LogP contribution in [0.4, 0.5) is 0 Å². The Kier molecular flexibility index (Phi) is 5.13. The second kappa shape index (κ2) is 9.58. The quantitative estimate of drug-likeness (QED) is 0.169. The van der Waals surface area contributed by atoms with Gasteiger partial charge in [0.1, 0.15) is 0 Å². The third-order valence-electron chi connectivity index (χ3n) is 11.6. The van der Waals surface area contributed by atoms with Crippen molar-refractivity contribution in [3.63, 3.8) is 0 Å². The molecule has 10 aromatic rings. The Balaban J connectivity index is 1.30.